The smallest absolute Gasteiger partial charge is 0.277 e. The van der Waals surface area contributed by atoms with Crippen LogP contribution in [0.25, 0.3) is 0 Å². The van der Waals surface area contributed by atoms with Crippen LogP contribution in [0.5, 0.6) is 0 Å². The van der Waals surface area contributed by atoms with E-state index in [1.807, 2.05) is 0 Å². The van der Waals surface area contributed by atoms with Crippen LogP contribution in [0.1, 0.15) is 10.5 Å². The average Bonchev–Trinajstić information content (AvgIpc) is 2.76. The lowest BCUT2D eigenvalue weighted by atomic mass is 10.3. The minimum Gasteiger partial charge on any atom is -0.318 e. The summed E-state index contributed by atoms with van der Waals surface area (Å²) >= 11 is 0. The molecule has 0 bridgehead atoms. The fourth-order valence-electron chi connectivity index (χ4n) is 1.09. The fourth-order valence-corrected chi connectivity index (χ4v) is 1.09. The van der Waals surface area contributed by atoms with Crippen molar-refractivity contribution in [2.24, 2.45) is 0 Å². The number of hydrogen-bond acceptors (Lipinski definition) is 3. The van der Waals surface area contributed by atoms with E-state index in [2.05, 4.69) is 20.7 Å². The summed E-state index contributed by atoms with van der Waals surface area (Å²) in [5.41, 5.74) is -0.253. The number of hydrogen-bond donors (Lipinski definition) is 2. The molecule has 0 saturated heterocycles. The Morgan fingerprint density at radius 3 is 2.88 bits per heavy atom. The minimum atomic E-state index is -0.724. The number of carbonyl (C=O) groups excluding carboxylic acids is 1. The highest BCUT2D eigenvalue weighted by atomic mass is 19.1. The third-order valence-electron chi connectivity index (χ3n) is 1.82. The standard InChI is InChI=1S/C9H6F2N4O/c10-5-1-2-6(11)7(3-5)13-9(16)8-4-12-15-14-8/h1-4H,(H,13,16)(H,12,14,15). The Kier molecular flexibility index (Phi) is 2.59. The third kappa shape index (κ3) is 2.02. The molecule has 16 heavy (non-hydrogen) atoms. The highest BCUT2D eigenvalue weighted by Gasteiger charge is 2.12. The van der Waals surface area contributed by atoms with Crippen molar-refractivity contribution in [3.63, 3.8) is 0 Å². The summed E-state index contributed by atoms with van der Waals surface area (Å²) in [7, 11) is 0. The van der Waals surface area contributed by atoms with E-state index in [4.69, 9.17) is 0 Å². The number of aromatic amines is 1. The molecule has 0 aliphatic carbocycles. The van der Waals surface area contributed by atoms with E-state index in [0.717, 1.165) is 18.2 Å². The van der Waals surface area contributed by atoms with Crippen molar-refractivity contribution in [1.82, 2.24) is 15.4 Å². The zero-order valence-corrected chi connectivity index (χ0v) is 7.87. The van der Waals surface area contributed by atoms with Crippen LogP contribution < -0.4 is 5.32 Å². The Bertz CT molecular complexity index is 512. The molecule has 0 radical (unpaired) electrons. The lowest BCUT2D eigenvalue weighted by Crippen LogP contribution is -2.13. The van der Waals surface area contributed by atoms with Gasteiger partial charge in [-0.2, -0.15) is 15.4 Å². The number of halogens is 2. The average molecular weight is 224 g/mol. The van der Waals surface area contributed by atoms with Crippen LogP contribution in [0, 0.1) is 11.6 Å². The van der Waals surface area contributed by atoms with Crippen molar-refractivity contribution in [2.75, 3.05) is 5.32 Å². The van der Waals surface area contributed by atoms with Crippen LogP contribution in [0.15, 0.2) is 24.4 Å². The largest absolute Gasteiger partial charge is 0.318 e. The molecule has 0 unspecified atom stereocenters. The molecule has 1 heterocycles. The first-order valence-corrected chi connectivity index (χ1v) is 4.29. The SMILES string of the molecule is O=C(Nc1cc(F)ccc1F)c1cn[nH]n1. The number of carbonyl (C=O) groups is 1. The fraction of sp³-hybridized carbons (Fsp3) is 0. The van der Waals surface area contributed by atoms with E-state index in [1.165, 1.54) is 6.20 Å². The highest BCUT2D eigenvalue weighted by Crippen LogP contribution is 2.15. The molecule has 1 aromatic heterocycles. The molecule has 2 aromatic rings. The quantitative estimate of drug-likeness (QED) is 0.808. The molecule has 0 atom stereocenters. The summed E-state index contributed by atoms with van der Waals surface area (Å²) in [5.74, 6) is -2.03. The summed E-state index contributed by atoms with van der Waals surface area (Å²) in [6.07, 6.45) is 1.17. The second kappa shape index (κ2) is 4.05. The topological polar surface area (TPSA) is 70.7 Å². The first kappa shape index (κ1) is 10.2. The highest BCUT2D eigenvalue weighted by molar-refractivity contribution is 6.02. The van der Waals surface area contributed by atoms with Crippen LogP contribution in [-0.4, -0.2) is 21.3 Å². The molecule has 5 nitrogen and oxygen atoms in total. The predicted octanol–water partition coefficient (Wildman–Crippen LogP) is 1.34. The number of rotatable bonds is 2. The van der Waals surface area contributed by atoms with E-state index >= 15 is 0 Å². The monoisotopic (exact) mass is 224 g/mol. The molecule has 0 aliphatic rings. The summed E-state index contributed by atoms with van der Waals surface area (Å²) in [6.45, 7) is 0. The Hall–Kier alpha value is -2.31. The summed E-state index contributed by atoms with van der Waals surface area (Å²) < 4.78 is 25.9. The van der Waals surface area contributed by atoms with Gasteiger partial charge >= 0.3 is 0 Å². The number of amides is 1. The molecule has 82 valence electrons. The van der Waals surface area contributed by atoms with E-state index in [1.54, 1.807) is 0 Å². The summed E-state index contributed by atoms with van der Waals surface area (Å²) in [4.78, 5) is 11.4. The number of H-pyrrole nitrogens is 1. The van der Waals surface area contributed by atoms with Crippen LogP contribution in [0.3, 0.4) is 0 Å². The van der Waals surface area contributed by atoms with Crippen molar-refractivity contribution in [3.05, 3.63) is 41.7 Å². The van der Waals surface area contributed by atoms with Crippen LogP contribution in [-0.2, 0) is 0 Å². The molecule has 0 aliphatic heterocycles. The van der Waals surface area contributed by atoms with Crippen molar-refractivity contribution in [1.29, 1.82) is 0 Å². The van der Waals surface area contributed by atoms with Gasteiger partial charge in [-0.25, -0.2) is 8.78 Å². The Morgan fingerprint density at radius 1 is 1.38 bits per heavy atom. The molecule has 2 N–H and O–H groups in total. The first-order valence-electron chi connectivity index (χ1n) is 4.29. The zero-order valence-electron chi connectivity index (χ0n) is 7.87. The maximum Gasteiger partial charge on any atom is 0.277 e. The Morgan fingerprint density at radius 2 is 2.19 bits per heavy atom. The summed E-state index contributed by atoms with van der Waals surface area (Å²) in [6, 6.07) is 2.77. The second-order valence-corrected chi connectivity index (χ2v) is 2.93. The molecule has 0 saturated carbocycles. The molecule has 1 aromatic carbocycles. The number of nitrogens with zero attached hydrogens (tertiary/aromatic N) is 2. The van der Waals surface area contributed by atoms with E-state index in [9.17, 15) is 13.6 Å². The molecule has 1 amide bonds. The molecular formula is C9H6F2N4O. The Balaban J connectivity index is 2.21. The normalized spacial score (nSPS) is 10.1. The number of anilines is 1. The molecule has 7 heteroatoms. The molecule has 0 fully saturated rings. The van der Waals surface area contributed by atoms with Gasteiger partial charge in [0.25, 0.3) is 5.91 Å². The Labute approximate surface area is 88.5 Å². The number of aromatic nitrogens is 3. The van der Waals surface area contributed by atoms with E-state index in [0.29, 0.717) is 0 Å². The number of benzene rings is 1. The lowest BCUT2D eigenvalue weighted by Gasteiger charge is -2.03. The molecule has 2 rings (SSSR count). The van der Waals surface area contributed by atoms with Gasteiger partial charge in [0, 0.05) is 6.07 Å². The van der Waals surface area contributed by atoms with Crippen LogP contribution in [0.2, 0.25) is 0 Å². The van der Waals surface area contributed by atoms with Crippen molar-refractivity contribution in [2.45, 2.75) is 0 Å². The molecular weight excluding hydrogens is 218 g/mol. The van der Waals surface area contributed by atoms with Gasteiger partial charge in [-0.05, 0) is 12.1 Å². The van der Waals surface area contributed by atoms with Gasteiger partial charge < -0.3 is 5.32 Å². The minimum absolute atomic E-state index is 0.0105. The maximum atomic E-state index is 13.1. The summed E-state index contributed by atoms with van der Waals surface area (Å²) in [5, 5.41) is 11.3. The first-order chi connectivity index (χ1) is 7.66. The van der Waals surface area contributed by atoms with Gasteiger partial charge in [-0.3, -0.25) is 4.79 Å². The van der Waals surface area contributed by atoms with Gasteiger partial charge in [-0.15, -0.1) is 0 Å². The van der Waals surface area contributed by atoms with Crippen molar-refractivity contribution in [3.8, 4) is 0 Å². The molecule has 0 spiro atoms. The van der Waals surface area contributed by atoms with Gasteiger partial charge in [0.05, 0.1) is 11.9 Å². The van der Waals surface area contributed by atoms with Crippen molar-refractivity contribution >= 4 is 11.6 Å². The zero-order chi connectivity index (χ0) is 11.5. The van der Waals surface area contributed by atoms with Crippen molar-refractivity contribution < 1.29 is 13.6 Å². The predicted molar refractivity (Wildman–Crippen MR) is 50.7 cm³/mol. The second-order valence-electron chi connectivity index (χ2n) is 2.93. The third-order valence-corrected chi connectivity index (χ3v) is 1.82. The van der Waals surface area contributed by atoms with Gasteiger partial charge in [0.1, 0.15) is 11.6 Å². The lowest BCUT2D eigenvalue weighted by molar-refractivity contribution is 0.102. The van der Waals surface area contributed by atoms with Gasteiger partial charge in [0.15, 0.2) is 5.69 Å². The van der Waals surface area contributed by atoms with Crippen LogP contribution >= 0.6 is 0 Å². The maximum absolute atomic E-state index is 13.1. The number of nitrogens with one attached hydrogen (secondary N) is 2. The van der Waals surface area contributed by atoms with Gasteiger partial charge in [0.2, 0.25) is 0 Å². The van der Waals surface area contributed by atoms with E-state index in [-0.39, 0.29) is 11.4 Å². The van der Waals surface area contributed by atoms with E-state index < -0.39 is 17.5 Å². The van der Waals surface area contributed by atoms with Crippen LogP contribution in [0.4, 0.5) is 14.5 Å². The van der Waals surface area contributed by atoms with Gasteiger partial charge in [-0.1, -0.05) is 0 Å².